The molecule has 1 N–H and O–H groups in total. The summed E-state index contributed by atoms with van der Waals surface area (Å²) in [6.07, 6.45) is 3.00. The zero-order valence-electron chi connectivity index (χ0n) is 11.2. The molecular formula is C12H13N3O5. The molecule has 106 valence electrons. The molecule has 8 nitrogen and oxygen atoms in total. The molecule has 0 saturated carbocycles. The molecule has 0 spiro atoms. The van der Waals surface area contributed by atoms with E-state index in [-0.39, 0.29) is 17.0 Å². The minimum Gasteiger partial charge on any atom is -0.477 e. The monoisotopic (exact) mass is 279 g/mol. The van der Waals surface area contributed by atoms with Crippen LogP contribution >= 0.6 is 0 Å². The molecular weight excluding hydrogens is 266 g/mol. The third kappa shape index (κ3) is 2.85. The highest BCUT2D eigenvalue weighted by Gasteiger charge is 2.22. The third-order valence-corrected chi connectivity index (χ3v) is 2.22. The molecule has 0 atom stereocenters. The maximum atomic E-state index is 11.8. The zero-order chi connectivity index (χ0) is 14.9. The van der Waals surface area contributed by atoms with Gasteiger partial charge in [-0.3, -0.25) is 0 Å². The Morgan fingerprint density at radius 2 is 2.10 bits per heavy atom. The first kappa shape index (κ1) is 13.8. The number of hydrogen-bond acceptors (Lipinski definition) is 6. The van der Waals surface area contributed by atoms with E-state index in [9.17, 15) is 9.59 Å². The Kier molecular flexibility index (Phi) is 3.31. The number of carbonyl (C=O) groups excluding carboxylic acids is 1. The van der Waals surface area contributed by atoms with Gasteiger partial charge in [-0.05, 0) is 20.8 Å². The largest absolute Gasteiger partial charge is 0.477 e. The number of rotatable bonds is 2. The molecule has 0 bridgehead atoms. The average molecular weight is 279 g/mol. The molecule has 0 aromatic carbocycles. The highest BCUT2D eigenvalue weighted by molar-refractivity contribution is 5.93. The second kappa shape index (κ2) is 4.80. The Morgan fingerprint density at radius 1 is 1.40 bits per heavy atom. The summed E-state index contributed by atoms with van der Waals surface area (Å²) in [5, 5.41) is 12.4. The molecule has 0 aliphatic heterocycles. The standard InChI is InChI=1S/C12H13N3O5/c1-12(2,3)19-11(18)15-5-8(13-6-15)9-7(10(16)17)4-14-20-9/h4-6H,1-3H3,(H,16,17). The highest BCUT2D eigenvalue weighted by atomic mass is 16.6. The van der Waals surface area contributed by atoms with Crippen molar-refractivity contribution in [2.45, 2.75) is 26.4 Å². The fraction of sp³-hybridized carbons (Fsp3) is 0.333. The summed E-state index contributed by atoms with van der Waals surface area (Å²) in [6, 6.07) is 0. The normalized spacial score (nSPS) is 11.3. The van der Waals surface area contributed by atoms with Crippen molar-refractivity contribution in [1.29, 1.82) is 0 Å². The van der Waals surface area contributed by atoms with Crippen molar-refractivity contribution in [3.8, 4) is 11.5 Å². The van der Waals surface area contributed by atoms with E-state index < -0.39 is 17.7 Å². The van der Waals surface area contributed by atoms with Gasteiger partial charge in [0, 0.05) is 6.20 Å². The number of carboxylic acids is 1. The molecule has 2 rings (SSSR count). The topological polar surface area (TPSA) is 107 Å². The van der Waals surface area contributed by atoms with E-state index in [2.05, 4.69) is 10.1 Å². The van der Waals surface area contributed by atoms with Gasteiger partial charge in [-0.1, -0.05) is 5.16 Å². The van der Waals surface area contributed by atoms with Gasteiger partial charge in [-0.2, -0.15) is 0 Å². The van der Waals surface area contributed by atoms with Crippen LogP contribution < -0.4 is 0 Å². The molecule has 0 aliphatic rings. The van der Waals surface area contributed by atoms with E-state index >= 15 is 0 Å². The van der Waals surface area contributed by atoms with Crippen LogP contribution in [-0.4, -0.2) is 37.5 Å². The summed E-state index contributed by atoms with van der Waals surface area (Å²) in [7, 11) is 0. The van der Waals surface area contributed by atoms with Crippen LogP contribution in [0.2, 0.25) is 0 Å². The molecule has 0 unspecified atom stereocenters. The molecule has 0 fully saturated rings. The van der Waals surface area contributed by atoms with Crippen molar-refractivity contribution < 1.29 is 24.0 Å². The van der Waals surface area contributed by atoms with Crippen molar-refractivity contribution in [3.63, 3.8) is 0 Å². The van der Waals surface area contributed by atoms with Crippen LogP contribution in [0.5, 0.6) is 0 Å². The smallest absolute Gasteiger partial charge is 0.419 e. The van der Waals surface area contributed by atoms with Crippen LogP contribution in [0.1, 0.15) is 31.1 Å². The average Bonchev–Trinajstić information content (AvgIpc) is 2.95. The molecule has 2 heterocycles. The van der Waals surface area contributed by atoms with Crippen molar-refractivity contribution in [2.24, 2.45) is 0 Å². The van der Waals surface area contributed by atoms with Gasteiger partial charge in [0.1, 0.15) is 23.2 Å². The highest BCUT2D eigenvalue weighted by Crippen LogP contribution is 2.22. The van der Waals surface area contributed by atoms with Gasteiger partial charge >= 0.3 is 12.1 Å². The lowest BCUT2D eigenvalue weighted by atomic mass is 10.2. The summed E-state index contributed by atoms with van der Waals surface area (Å²) in [5.74, 6) is -1.20. The van der Waals surface area contributed by atoms with Gasteiger partial charge in [0.05, 0.1) is 6.20 Å². The third-order valence-electron chi connectivity index (χ3n) is 2.22. The maximum Gasteiger partial charge on any atom is 0.419 e. The molecule has 0 saturated heterocycles. The number of ether oxygens (including phenoxy) is 1. The quantitative estimate of drug-likeness (QED) is 0.895. The van der Waals surface area contributed by atoms with Crippen molar-refractivity contribution in [1.82, 2.24) is 14.7 Å². The fourth-order valence-corrected chi connectivity index (χ4v) is 1.43. The van der Waals surface area contributed by atoms with E-state index in [1.54, 1.807) is 20.8 Å². The van der Waals surface area contributed by atoms with Crippen molar-refractivity contribution in [3.05, 3.63) is 24.3 Å². The predicted octanol–water partition coefficient (Wildman–Crippen LogP) is 2.02. The summed E-state index contributed by atoms with van der Waals surface area (Å²) >= 11 is 0. The number of hydrogen-bond donors (Lipinski definition) is 1. The summed E-state index contributed by atoms with van der Waals surface area (Å²) in [5.41, 5.74) is -0.579. The van der Waals surface area contributed by atoms with Crippen molar-refractivity contribution >= 4 is 12.1 Å². The van der Waals surface area contributed by atoms with Gasteiger partial charge in [-0.25, -0.2) is 19.1 Å². The second-order valence-corrected chi connectivity index (χ2v) is 5.02. The van der Waals surface area contributed by atoms with Crippen LogP contribution in [0.25, 0.3) is 11.5 Å². The number of imidazole rings is 1. The van der Waals surface area contributed by atoms with Crippen LogP contribution in [0.15, 0.2) is 23.2 Å². The first-order valence-corrected chi connectivity index (χ1v) is 5.73. The van der Waals surface area contributed by atoms with E-state index in [0.717, 1.165) is 10.8 Å². The molecule has 0 amide bonds. The Morgan fingerprint density at radius 3 is 2.70 bits per heavy atom. The summed E-state index contributed by atoms with van der Waals surface area (Å²) < 4.78 is 11.1. The maximum absolute atomic E-state index is 11.8. The number of aromatic carboxylic acids is 1. The Labute approximate surface area is 114 Å². The first-order chi connectivity index (χ1) is 9.28. The Bertz CT molecular complexity index is 650. The first-order valence-electron chi connectivity index (χ1n) is 5.73. The summed E-state index contributed by atoms with van der Waals surface area (Å²) in [6.45, 7) is 5.21. The fourth-order valence-electron chi connectivity index (χ4n) is 1.43. The molecule has 20 heavy (non-hydrogen) atoms. The number of carboxylic acid groups (broad SMARTS) is 1. The molecule has 2 aromatic rings. The predicted molar refractivity (Wildman–Crippen MR) is 66.3 cm³/mol. The lowest BCUT2D eigenvalue weighted by Gasteiger charge is -2.18. The number of aromatic nitrogens is 3. The van der Waals surface area contributed by atoms with E-state index in [1.165, 1.54) is 12.5 Å². The van der Waals surface area contributed by atoms with Crippen LogP contribution in [0.4, 0.5) is 4.79 Å². The van der Waals surface area contributed by atoms with Gasteiger partial charge in [0.25, 0.3) is 0 Å². The van der Waals surface area contributed by atoms with Crippen LogP contribution in [-0.2, 0) is 4.74 Å². The lowest BCUT2D eigenvalue weighted by Crippen LogP contribution is -2.26. The summed E-state index contributed by atoms with van der Waals surface area (Å²) in [4.78, 5) is 26.7. The van der Waals surface area contributed by atoms with Gasteiger partial charge in [0.2, 0.25) is 5.76 Å². The van der Waals surface area contributed by atoms with E-state index in [4.69, 9.17) is 14.4 Å². The molecule has 8 heteroatoms. The van der Waals surface area contributed by atoms with E-state index in [0.29, 0.717) is 0 Å². The molecule has 0 radical (unpaired) electrons. The molecule has 0 aliphatic carbocycles. The SMILES string of the molecule is CC(C)(C)OC(=O)n1cnc(-c2oncc2C(=O)O)c1. The zero-order valence-corrected chi connectivity index (χ0v) is 11.2. The van der Waals surface area contributed by atoms with Gasteiger partial charge in [-0.15, -0.1) is 0 Å². The Balaban J connectivity index is 2.27. The second-order valence-electron chi connectivity index (χ2n) is 5.02. The number of nitrogens with zero attached hydrogens (tertiary/aromatic N) is 3. The minimum absolute atomic E-state index is 0.0141. The minimum atomic E-state index is -1.19. The molecule has 2 aromatic heterocycles. The van der Waals surface area contributed by atoms with Gasteiger partial charge in [0.15, 0.2) is 0 Å². The lowest BCUT2D eigenvalue weighted by molar-refractivity contribution is 0.0536. The van der Waals surface area contributed by atoms with Crippen LogP contribution in [0, 0.1) is 0 Å². The van der Waals surface area contributed by atoms with Gasteiger partial charge < -0.3 is 14.4 Å². The van der Waals surface area contributed by atoms with Crippen LogP contribution in [0.3, 0.4) is 0 Å². The van der Waals surface area contributed by atoms with Crippen molar-refractivity contribution in [2.75, 3.05) is 0 Å². The number of carbonyl (C=O) groups is 2. The van der Waals surface area contributed by atoms with E-state index in [1.807, 2.05) is 0 Å². The Hall–Kier alpha value is -2.64.